The van der Waals surface area contributed by atoms with Gasteiger partial charge in [0, 0.05) is 11.3 Å². The highest BCUT2D eigenvalue weighted by Crippen LogP contribution is 2.35. The summed E-state index contributed by atoms with van der Waals surface area (Å²) in [6.45, 7) is 2.08. The number of nitrogens with zero attached hydrogens (tertiary/aromatic N) is 1. The molecule has 0 amide bonds. The van der Waals surface area contributed by atoms with E-state index in [0.29, 0.717) is 0 Å². The van der Waals surface area contributed by atoms with Gasteiger partial charge >= 0.3 is 0 Å². The number of para-hydroxylation sites is 1. The number of hydrogen-bond donors (Lipinski definition) is 0. The topological polar surface area (TPSA) is 21.6 Å². The average Bonchev–Trinajstić information content (AvgIpc) is 2.40. The summed E-state index contributed by atoms with van der Waals surface area (Å²) in [5.74, 6) is 1.80. The lowest BCUT2D eigenvalue weighted by molar-refractivity contribution is 0.476. The zero-order valence-corrected chi connectivity index (χ0v) is 10.4. The van der Waals surface area contributed by atoms with Gasteiger partial charge in [0.05, 0.1) is 5.69 Å². The van der Waals surface area contributed by atoms with Crippen LogP contribution in [0, 0.1) is 0 Å². The minimum Gasteiger partial charge on any atom is -0.457 e. The Labute approximate surface area is 107 Å². The van der Waals surface area contributed by atoms with Crippen LogP contribution >= 0.6 is 0 Å². The number of aliphatic imine (C=N–C) groups is 1. The zero-order chi connectivity index (χ0) is 12.4. The predicted octanol–water partition coefficient (Wildman–Crippen LogP) is 4.52. The maximum absolute atomic E-state index is 5.94. The normalized spacial score (nSPS) is 13.7. The molecule has 2 aromatic carbocycles. The molecule has 2 heteroatoms. The lowest BCUT2D eigenvalue weighted by Gasteiger charge is -2.17. The second-order valence-electron chi connectivity index (χ2n) is 4.52. The highest BCUT2D eigenvalue weighted by molar-refractivity contribution is 5.87. The smallest absolute Gasteiger partial charge is 0.132 e. The zero-order valence-electron chi connectivity index (χ0n) is 10.4. The van der Waals surface area contributed by atoms with Crippen molar-refractivity contribution in [3.05, 3.63) is 54.1 Å². The molecule has 0 fully saturated rings. The monoisotopic (exact) mass is 237 g/mol. The number of fused-ring (bicyclic) bond motifs is 1. The summed E-state index contributed by atoms with van der Waals surface area (Å²) in [5.41, 5.74) is 3.46. The van der Waals surface area contributed by atoms with E-state index in [-0.39, 0.29) is 0 Å². The summed E-state index contributed by atoms with van der Waals surface area (Å²) >= 11 is 0. The van der Waals surface area contributed by atoms with E-state index in [4.69, 9.17) is 4.74 Å². The van der Waals surface area contributed by atoms with Crippen LogP contribution in [0.15, 0.2) is 53.5 Å². The fourth-order valence-corrected chi connectivity index (χ4v) is 2.19. The lowest BCUT2D eigenvalue weighted by Crippen LogP contribution is -2.03. The molecular weight excluding hydrogens is 222 g/mol. The van der Waals surface area contributed by atoms with Crippen LogP contribution in [-0.4, -0.2) is 5.71 Å². The highest BCUT2D eigenvalue weighted by Gasteiger charge is 2.14. The Balaban J connectivity index is 1.97. The van der Waals surface area contributed by atoms with E-state index in [1.807, 2.05) is 42.5 Å². The molecule has 3 rings (SSSR count). The molecule has 0 saturated heterocycles. The van der Waals surface area contributed by atoms with E-state index in [9.17, 15) is 0 Å². The highest BCUT2D eigenvalue weighted by atomic mass is 16.5. The molecule has 0 saturated carbocycles. The van der Waals surface area contributed by atoms with Crippen molar-refractivity contribution in [2.75, 3.05) is 0 Å². The third kappa shape index (κ3) is 2.14. The van der Waals surface area contributed by atoms with Crippen molar-refractivity contribution in [3.8, 4) is 11.5 Å². The SMILES string of the molecule is CC1=Nc2cccc(Oc3ccccc3)c2CC1. The Bertz CT molecular complexity index is 587. The molecule has 1 aliphatic rings. The van der Waals surface area contributed by atoms with E-state index < -0.39 is 0 Å². The summed E-state index contributed by atoms with van der Waals surface area (Å²) in [6.07, 6.45) is 2.02. The molecule has 2 nitrogen and oxygen atoms in total. The van der Waals surface area contributed by atoms with Crippen LogP contribution in [0.5, 0.6) is 11.5 Å². The van der Waals surface area contributed by atoms with Crippen molar-refractivity contribution in [3.63, 3.8) is 0 Å². The first-order valence-corrected chi connectivity index (χ1v) is 6.22. The largest absolute Gasteiger partial charge is 0.457 e. The van der Waals surface area contributed by atoms with Gasteiger partial charge in [-0.3, -0.25) is 4.99 Å². The minimum atomic E-state index is 0.872. The predicted molar refractivity (Wildman–Crippen MR) is 74.0 cm³/mol. The summed E-state index contributed by atoms with van der Waals surface area (Å²) in [6, 6.07) is 15.9. The molecule has 0 unspecified atom stereocenters. The first kappa shape index (κ1) is 11.0. The Morgan fingerprint density at radius 1 is 0.944 bits per heavy atom. The molecule has 0 spiro atoms. The molecule has 0 aromatic heterocycles. The third-order valence-electron chi connectivity index (χ3n) is 3.13. The van der Waals surface area contributed by atoms with Gasteiger partial charge in [0.2, 0.25) is 0 Å². The van der Waals surface area contributed by atoms with Crippen LogP contribution in [0.4, 0.5) is 5.69 Å². The Morgan fingerprint density at radius 3 is 2.61 bits per heavy atom. The third-order valence-corrected chi connectivity index (χ3v) is 3.13. The minimum absolute atomic E-state index is 0.872. The Kier molecular flexibility index (Phi) is 2.85. The van der Waals surface area contributed by atoms with Gasteiger partial charge in [-0.1, -0.05) is 24.3 Å². The van der Waals surface area contributed by atoms with Gasteiger partial charge in [0.25, 0.3) is 0 Å². The molecule has 0 N–H and O–H groups in total. The maximum atomic E-state index is 5.94. The van der Waals surface area contributed by atoms with Gasteiger partial charge in [-0.2, -0.15) is 0 Å². The quantitative estimate of drug-likeness (QED) is 0.752. The number of rotatable bonds is 2. The average molecular weight is 237 g/mol. The first-order valence-electron chi connectivity index (χ1n) is 6.22. The Morgan fingerprint density at radius 2 is 1.78 bits per heavy atom. The van der Waals surface area contributed by atoms with E-state index >= 15 is 0 Å². The van der Waals surface area contributed by atoms with Gasteiger partial charge in [0.1, 0.15) is 11.5 Å². The second-order valence-corrected chi connectivity index (χ2v) is 4.52. The van der Waals surface area contributed by atoms with Gasteiger partial charge in [-0.15, -0.1) is 0 Å². The summed E-state index contributed by atoms with van der Waals surface area (Å²) in [5, 5.41) is 0. The number of benzene rings is 2. The van der Waals surface area contributed by atoms with E-state index in [1.54, 1.807) is 0 Å². The summed E-state index contributed by atoms with van der Waals surface area (Å²) in [4.78, 5) is 4.58. The number of hydrogen-bond acceptors (Lipinski definition) is 2. The van der Waals surface area contributed by atoms with Crippen LogP contribution in [-0.2, 0) is 6.42 Å². The summed E-state index contributed by atoms with van der Waals surface area (Å²) < 4.78 is 5.94. The van der Waals surface area contributed by atoms with Gasteiger partial charge < -0.3 is 4.74 Å². The fraction of sp³-hybridized carbons (Fsp3) is 0.188. The molecule has 1 heterocycles. The molecule has 18 heavy (non-hydrogen) atoms. The summed E-state index contributed by atoms with van der Waals surface area (Å²) in [7, 11) is 0. The van der Waals surface area contributed by atoms with Gasteiger partial charge in [-0.05, 0) is 44.0 Å². The van der Waals surface area contributed by atoms with E-state index in [2.05, 4.69) is 18.0 Å². The van der Waals surface area contributed by atoms with Crippen LogP contribution in [0.2, 0.25) is 0 Å². The second kappa shape index (κ2) is 4.65. The molecule has 90 valence electrons. The van der Waals surface area contributed by atoms with Crippen molar-refractivity contribution in [1.29, 1.82) is 0 Å². The van der Waals surface area contributed by atoms with Crippen LogP contribution in [0.1, 0.15) is 18.9 Å². The molecular formula is C16H15NO. The van der Waals surface area contributed by atoms with E-state index in [0.717, 1.165) is 30.0 Å². The molecule has 0 radical (unpaired) electrons. The maximum Gasteiger partial charge on any atom is 0.132 e. The lowest BCUT2D eigenvalue weighted by atomic mass is 10.0. The van der Waals surface area contributed by atoms with Crippen molar-refractivity contribution in [2.24, 2.45) is 4.99 Å². The van der Waals surface area contributed by atoms with Crippen LogP contribution in [0.3, 0.4) is 0 Å². The van der Waals surface area contributed by atoms with Crippen molar-refractivity contribution < 1.29 is 4.74 Å². The molecule has 0 bridgehead atoms. The molecule has 0 aliphatic carbocycles. The van der Waals surface area contributed by atoms with Gasteiger partial charge in [0.15, 0.2) is 0 Å². The van der Waals surface area contributed by atoms with Gasteiger partial charge in [-0.25, -0.2) is 0 Å². The van der Waals surface area contributed by atoms with Crippen molar-refractivity contribution >= 4 is 11.4 Å². The van der Waals surface area contributed by atoms with E-state index in [1.165, 1.54) is 11.3 Å². The molecule has 2 aromatic rings. The standard InChI is InChI=1S/C16H15NO/c1-12-10-11-14-15(17-12)8-5-9-16(14)18-13-6-3-2-4-7-13/h2-9H,10-11H2,1H3. The fourth-order valence-electron chi connectivity index (χ4n) is 2.19. The van der Waals surface area contributed by atoms with Crippen LogP contribution in [0.25, 0.3) is 0 Å². The van der Waals surface area contributed by atoms with Crippen molar-refractivity contribution in [1.82, 2.24) is 0 Å². The molecule has 0 atom stereocenters. The Hall–Kier alpha value is -2.09. The van der Waals surface area contributed by atoms with Crippen LogP contribution < -0.4 is 4.74 Å². The number of ether oxygens (including phenoxy) is 1. The van der Waals surface area contributed by atoms with Crippen molar-refractivity contribution in [2.45, 2.75) is 19.8 Å². The first-order chi connectivity index (χ1) is 8.83. The molecule has 1 aliphatic heterocycles.